The van der Waals surface area contributed by atoms with E-state index in [4.69, 9.17) is 5.73 Å². The molecule has 4 rings (SSSR count). The number of fused-ring (bicyclic) bond motifs is 2. The number of H-pyrrole nitrogens is 1. The third kappa shape index (κ3) is 1.53. The Kier molecular flexibility index (Phi) is 2.06. The summed E-state index contributed by atoms with van der Waals surface area (Å²) >= 11 is 0. The number of nitrogen functional groups attached to an aromatic ring is 1. The van der Waals surface area contributed by atoms with Gasteiger partial charge in [-0.3, -0.25) is 0 Å². The number of imidazole rings is 1. The summed E-state index contributed by atoms with van der Waals surface area (Å²) in [6.07, 6.45) is 5.45. The average Bonchev–Trinajstić information content (AvgIpc) is 2.99. The van der Waals surface area contributed by atoms with E-state index < -0.39 is 0 Å². The van der Waals surface area contributed by atoms with Gasteiger partial charge in [0.15, 0.2) is 5.65 Å². The van der Waals surface area contributed by atoms with Gasteiger partial charge in [-0.25, -0.2) is 14.5 Å². The minimum absolute atomic E-state index is 0.250. The van der Waals surface area contributed by atoms with Gasteiger partial charge in [0.05, 0.1) is 17.6 Å². The van der Waals surface area contributed by atoms with Gasteiger partial charge < -0.3 is 10.7 Å². The van der Waals surface area contributed by atoms with E-state index in [-0.39, 0.29) is 5.95 Å². The van der Waals surface area contributed by atoms with E-state index in [1.807, 2.05) is 31.5 Å². The summed E-state index contributed by atoms with van der Waals surface area (Å²) < 4.78 is 1.77. The van der Waals surface area contributed by atoms with Crippen molar-refractivity contribution < 1.29 is 0 Å². The molecule has 0 amide bonds. The SMILES string of the molecule is Cc1cn2nc(-c3c[nH]c4nc(N)ncc34)ccc2n1. The zero-order chi connectivity index (χ0) is 13.7. The Labute approximate surface area is 113 Å². The van der Waals surface area contributed by atoms with E-state index in [0.29, 0.717) is 5.65 Å². The molecule has 0 atom stereocenters. The normalized spacial score (nSPS) is 11.4. The van der Waals surface area contributed by atoms with Crippen LogP contribution in [0.5, 0.6) is 0 Å². The van der Waals surface area contributed by atoms with Crippen LogP contribution < -0.4 is 5.73 Å². The maximum atomic E-state index is 5.58. The first-order valence-corrected chi connectivity index (χ1v) is 6.14. The molecule has 0 aliphatic rings. The second-order valence-corrected chi connectivity index (χ2v) is 4.60. The Morgan fingerprint density at radius 2 is 2.15 bits per heavy atom. The highest BCUT2D eigenvalue weighted by atomic mass is 15.2. The fourth-order valence-corrected chi connectivity index (χ4v) is 2.28. The number of hydrogen-bond acceptors (Lipinski definition) is 5. The molecular formula is C13H11N7. The molecule has 20 heavy (non-hydrogen) atoms. The maximum Gasteiger partial charge on any atom is 0.221 e. The Morgan fingerprint density at radius 1 is 1.25 bits per heavy atom. The zero-order valence-corrected chi connectivity index (χ0v) is 10.7. The molecule has 7 heteroatoms. The Balaban J connectivity index is 1.95. The summed E-state index contributed by atoms with van der Waals surface area (Å²) in [6.45, 7) is 1.94. The molecule has 7 nitrogen and oxygen atoms in total. The zero-order valence-electron chi connectivity index (χ0n) is 10.7. The lowest BCUT2D eigenvalue weighted by atomic mass is 10.2. The van der Waals surface area contributed by atoms with E-state index in [2.05, 4.69) is 25.0 Å². The minimum Gasteiger partial charge on any atom is -0.368 e. The minimum atomic E-state index is 0.250. The van der Waals surface area contributed by atoms with Gasteiger partial charge in [0.2, 0.25) is 5.95 Å². The lowest BCUT2D eigenvalue weighted by Gasteiger charge is -1.99. The molecule has 0 unspecified atom stereocenters. The van der Waals surface area contributed by atoms with Crippen LogP contribution in [0.4, 0.5) is 5.95 Å². The van der Waals surface area contributed by atoms with Crippen molar-refractivity contribution in [2.75, 3.05) is 5.73 Å². The second-order valence-electron chi connectivity index (χ2n) is 4.60. The molecule has 0 radical (unpaired) electrons. The van der Waals surface area contributed by atoms with Crippen molar-refractivity contribution in [2.24, 2.45) is 0 Å². The molecule has 98 valence electrons. The Morgan fingerprint density at radius 3 is 3.05 bits per heavy atom. The Bertz CT molecular complexity index is 934. The molecule has 4 heterocycles. The number of nitrogens with two attached hydrogens (primary N) is 1. The van der Waals surface area contributed by atoms with Gasteiger partial charge in [-0.2, -0.15) is 10.1 Å². The molecule has 0 aliphatic heterocycles. The predicted molar refractivity (Wildman–Crippen MR) is 75.0 cm³/mol. The smallest absolute Gasteiger partial charge is 0.221 e. The Hall–Kier alpha value is -2.96. The highest BCUT2D eigenvalue weighted by Crippen LogP contribution is 2.26. The van der Waals surface area contributed by atoms with Crippen molar-refractivity contribution >= 4 is 22.6 Å². The molecule has 0 spiro atoms. The number of nitrogens with one attached hydrogen (secondary N) is 1. The van der Waals surface area contributed by atoms with Gasteiger partial charge in [0.1, 0.15) is 5.65 Å². The van der Waals surface area contributed by atoms with Crippen molar-refractivity contribution in [3.05, 3.63) is 36.4 Å². The van der Waals surface area contributed by atoms with Crippen molar-refractivity contribution in [3.63, 3.8) is 0 Å². The van der Waals surface area contributed by atoms with Gasteiger partial charge in [0.25, 0.3) is 0 Å². The number of rotatable bonds is 1. The standard InChI is InChI=1S/C13H11N7/c1-7-6-20-11(17-7)3-2-10(19-20)8-4-15-12-9(8)5-16-13(14)18-12/h2-6H,1H3,(H3,14,15,16,18). The van der Waals surface area contributed by atoms with Crippen LogP contribution in [0, 0.1) is 6.92 Å². The van der Waals surface area contributed by atoms with E-state index >= 15 is 0 Å². The van der Waals surface area contributed by atoms with Crippen molar-refractivity contribution in [3.8, 4) is 11.3 Å². The summed E-state index contributed by atoms with van der Waals surface area (Å²) in [7, 11) is 0. The van der Waals surface area contributed by atoms with Gasteiger partial charge in [-0.05, 0) is 19.1 Å². The average molecular weight is 265 g/mol. The molecular weight excluding hydrogens is 254 g/mol. The molecule has 0 fully saturated rings. The van der Waals surface area contributed by atoms with Crippen molar-refractivity contribution in [2.45, 2.75) is 6.92 Å². The quantitative estimate of drug-likeness (QED) is 0.544. The molecule has 0 bridgehead atoms. The summed E-state index contributed by atoms with van der Waals surface area (Å²) in [5.41, 5.74) is 9.81. The monoisotopic (exact) mass is 265 g/mol. The van der Waals surface area contributed by atoms with Crippen LogP contribution in [0.3, 0.4) is 0 Å². The number of hydrogen-bond donors (Lipinski definition) is 2. The number of aromatic amines is 1. The van der Waals surface area contributed by atoms with Crippen LogP contribution in [-0.2, 0) is 0 Å². The van der Waals surface area contributed by atoms with E-state index in [1.54, 1.807) is 10.7 Å². The first-order chi connectivity index (χ1) is 9.70. The van der Waals surface area contributed by atoms with Crippen molar-refractivity contribution in [1.29, 1.82) is 0 Å². The van der Waals surface area contributed by atoms with Crippen molar-refractivity contribution in [1.82, 2.24) is 29.5 Å². The van der Waals surface area contributed by atoms with Crippen LogP contribution in [0.25, 0.3) is 27.9 Å². The number of nitrogens with zero attached hydrogens (tertiary/aromatic N) is 5. The molecule has 3 N–H and O–H groups in total. The molecule has 0 aliphatic carbocycles. The number of aryl methyl sites for hydroxylation is 1. The van der Waals surface area contributed by atoms with Crippen LogP contribution in [-0.4, -0.2) is 29.5 Å². The summed E-state index contributed by atoms with van der Waals surface area (Å²) in [4.78, 5) is 15.6. The first kappa shape index (κ1) is 10.9. The summed E-state index contributed by atoms with van der Waals surface area (Å²) in [5.74, 6) is 0.250. The first-order valence-electron chi connectivity index (χ1n) is 6.14. The fraction of sp³-hybridized carbons (Fsp3) is 0.0769. The number of aromatic nitrogens is 6. The third-order valence-corrected chi connectivity index (χ3v) is 3.17. The third-order valence-electron chi connectivity index (χ3n) is 3.17. The van der Waals surface area contributed by atoms with E-state index in [0.717, 1.165) is 28.0 Å². The van der Waals surface area contributed by atoms with Gasteiger partial charge in [-0.1, -0.05) is 0 Å². The topological polar surface area (TPSA) is 97.8 Å². The maximum absolute atomic E-state index is 5.58. The fourth-order valence-electron chi connectivity index (χ4n) is 2.28. The van der Waals surface area contributed by atoms with Crippen LogP contribution in [0.1, 0.15) is 5.69 Å². The highest BCUT2D eigenvalue weighted by Gasteiger charge is 2.10. The molecule has 4 aromatic heterocycles. The van der Waals surface area contributed by atoms with Crippen LogP contribution >= 0.6 is 0 Å². The highest BCUT2D eigenvalue weighted by molar-refractivity contribution is 5.92. The molecule has 0 saturated heterocycles. The van der Waals surface area contributed by atoms with E-state index in [9.17, 15) is 0 Å². The summed E-state index contributed by atoms with van der Waals surface area (Å²) in [5, 5.41) is 5.45. The summed E-state index contributed by atoms with van der Waals surface area (Å²) in [6, 6.07) is 3.87. The number of anilines is 1. The van der Waals surface area contributed by atoms with E-state index in [1.165, 1.54) is 0 Å². The molecule has 4 aromatic rings. The lowest BCUT2D eigenvalue weighted by Crippen LogP contribution is -1.94. The van der Waals surface area contributed by atoms with Crippen LogP contribution in [0.2, 0.25) is 0 Å². The second kappa shape index (κ2) is 3.77. The molecule has 0 aromatic carbocycles. The van der Waals surface area contributed by atoms with Gasteiger partial charge in [0, 0.05) is 23.3 Å². The van der Waals surface area contributed by atoms with Gasteiger partial charge in [-0.15, -0.1) is 0 Å². The molecule has 0 saturated carbocycles. The largest absolute Gasteiger partial charge is 0.368 e. The lowest BCUT2D eigenvalue weighted by molar-refractivity contribution is 0.941. The predicted octanol–water partition coefficient (Wildman–Crippen LogP) is 1.56. The van der Waals surface area contributed by atoms with Gasteiger partial charge >= 0.3 is 0 Å². The van der Waals surface area contributed by atoms with Crippen LogP contribution in [0.15, 0.2) is 30.7 Å².